The Kier molecular flexibility index (Phi) is 6.66. The molecule has 0 saturated heterocycles. The van der Waals surface area contributed by atoms with E-state index in [9.17, 15) is 4.79 Å². The van der Waals surface area contributed by atoms with Crippen LogP contribution in [0.3, 0.4) is 0 Å². The highest BCUT2D eigenvalue weighted by molar-refractivity contribution is 6.43. The quantitative estimate of drug-likeness (QED) is 0.257. The summed E-state index contributed by atoms with van der Waals surface area (Å²) in [7, 11) is 0. The predicted molar refractivity (Wildman–Crippen MR) is 139 cm³/mol. The average Bonchev–Trinajstić information content (AvgIpc) is 3.06. The molecule has 33 heavy (non-hydrogen) atoms. The molecule has 0 saturated carbocycles. The minimum Gasteiger partial charge on any atom is -0.444 e. The zero-order valence-corrected chi connectivity index (χ0v) is 20.8. The van der Waals surface area contributed by atoms with Gasteiger partial charge in [-0.2, -0.15) is 0 Å². The molecule has 4 aromatic rings. The Morgan fingerprint density at radius 1 is 0.939 bits per heavy atom. The first-order chi connectivity index (χ1) is 15.6. The predicted octanol–water partition coefficient (Wildman–Crippen LogP) is 8.09. The molecule has 172 valence electrons. The largest absolute Gasteiger partial charge is 0.444 e. The maximum Gasteiger partial charge on any atom is 0.407 e. The summed E-state index contributed by atoms with van der Waals surface area (Å²) in [6, 6.07) is 15.3. The topological polar surface area (TPSA) is 66.2 Å². The lowest BCUT2D eigenvalue weighted by atomic mass is 10.0. The summed E-state index contributed by atoms with van der Waals surface area (Å²) in [6.07, 6.45) is 0.157. The van der Waals surface area contributed by atoms with Crippen LogP contribution in [0.4, 0.5) is 16.2 Å². The van der Waals surface area contributed by atoms with Gasteiger partial charge in [-0.25, -0.2) is 4.79 Å². The molecule has 3 aromatic carbocycles. The molecular weight excluding hydrogens is 481 g/mol. The molecule has 8 heteroatoms. The normalized spacial score (nSPS) is 11.7. The third-order valence-corrected chi connectivity index (χ3v) is 6.00. The summed E-state index contributed by atoms with van der Waals surface area (Å²) >= 11 is 18.6. The highest BCUT2D eigenvalue weighted by Gasteiger charge is 2.17. The van der Waals surface area contributed by atoms with Crippen LogP contribution < -0.4 is 10.6 Å². The SMILES string of the molecule is CC(C)(C)OC(=O)NCCc1cc(Nc2ccc(Cl)cc2)cc2c1[nH]c1cc(Cl)c(Cl)cc12. The van der Waals surface area contributed by atoms with Crippen LogP contribution in [0, 0.1) is 0 Å². The first-order valence-electron chi connectivity index (χ1n) is 10.5. The number of aromatic amines is 1. The Morgan fingerprint density at radius 2 is 1.64 bits per heavy atom. The van der Waals surface area contributed by atoms with Gasteiger partial charge in [0.1, 0.15) is 5.60 Å². The van der Waals surface area contributed by atoms with Gasteiger partial charge >= 0.3 is 6.09 Å². The molecule has 1 aromatic heterocycles. The number of hydrogen-bond donors (Lipinski definition) is 3. The summed E-state index contributed by atoms with van der Waals surface area (Å²) in [4.78, 5) is 15.5. The molecule has 0 aliphatic carbocycles. The number of anilines is 2. The highest BCUT2D eigenvalue weighted by Crippen LogP contribution is 2.36. The molecule has 4 rings (SSSR count). The minimum atomic E-state index is -0.546. The Morgan fingerprint density at radius 3 is 2.33 bits per heavy atom. The fourth-order valence-electron chi connectivity index (χ4n) is 3.65. The van der Waals surface area contributed by atoms with Crippen LogP contribution in [-0.4, -0.2) is 23.2 Å². The number of hydrogen-bond acceptors (Lipinski definition) is 3. The van der Waals surface area contributed by atoms with Gasteiger partial charge in [0.2, 0.25) is 0 Å². The number of carbonyl (C=O) groups excluding carboxylic acids is 1. The zero-order chi connectivity index (χ0) is 23.8. The number of nitrogens with one attached hydrogen (secondary N) is 3. The third kappa shape index (κ3) is 5.67. The second-order valence-corrected chi connectivity index (χ2v) is 10.1. The van der Waals surface area contributed by atoms with Gasteiger partial charge in [-0.3, -0.25) is 0 Å². The zero-order valence-electron chi connectivity index (χ0n) is 18.5. The monoisotopic (exact) mass is 503 g/mol. The molecule has 1 heterocycles. The van der Waals surface area contributed by atoms with Crippen LogP contribution in [0.2, 0.25) is 15.1 Å². The van der Waals surface area contributed by atoms with Crippen molar-refractivity contribution in [3.8, 4) is 0 Å². The lowest BCUT2D eigenvalue weighted by Crippen LogP contribution is -2.33. The molecule has 5 nitrogen and oxygen atoms in total. The maximum atomic E-state index is 12.1. The Labute approximate surface area is 207 Å². The second kappa shape index (κ2) is 9.34. The highest BCUT2D eigenvalue weighted by atomic mass is 35.5. The lowest BCUT2D eigenvalue weighted by Gasteiger charge is -2.19. The van der Waals surface area contributed by atoms with Gasteiger partial charge in [0.15, 0.2) is 0 Å². The first-order valence-corrected chi connectivity index (χ1v) is 11.7. The number of amides is 1. The van der Waals surface area contributed by atoms with Gasteiger partial charge < -0.3 is 20.4 Å². The molecule has 0 aliphatic rings. The van der Waals surface area contributed by atoms with Gasteiger partial charge in [0, 0.05) is 44.7 Å². The van der Waals surface area contributed by atoms with E-state index >= 15 is 0 Å². The number of H-pyrrole nitrogens is 1. The van der Waals surface area contributed by atoms with Gasteiger partial charge in [0.05, 0.1) is 10.0 Å². The molecule has 1 amide bonds. The molecule has 0 fully saturated rings. The van der Waals surface area contributed by atoms with Crippen LogP contribution in [0.1, 0.15) is 26.3 Å². The third-order valence-electron chi connectivity index (χ3n) is 5.03. The number of fused-ring (bicyclic) bond motifs is 3. The van der Waals surface area contributed by atoms with E-state index in [2.05, 4.69) is 27.8 Å². The fraction of sp³-hybridized carbons (Fsp3) is 0.240. The molecule has 0 aliphatic heterocycles. The summed E-state index contributed by atoms with van der Waals surface area (Å²) in [5, 5.41) is 9.90. The number of ether oxygens (including phenoxy) is 1. The number of carbonyl (C=O) groups is 1. The number of alkyl carbamates (subject to hydrolysis) is 1. The number of benzene rings is 3. The smallest absolute Gasteiger partial charge is 0.407 e. The van der Waals surface area contributed by atoms with Crippen LogP contribution >= 0.6 is 34.8 Å². The Balaban J connectivity index is 1.69. The van der Waals surface area contributed by atoms with Crippen molar-refractivity contribution in [1.29, 1.82) is 0 Å². The molecular formula is C25H24Cl3N3O2. The average molecular weight is 505 g/mol. The van der Waals surface area contributed by atoms with Gasteiger partial charge in [0.25, 0.3) is 0 Å². The van der Waals surface area contributed by atoms with Gasteiger partial charge in [-0.15, -0.1) is 0 Å². The van der Waals surface area contributed by atoms with E-state index in [-0.39, 0.29) is 0 Å². The molecule has 0 bridgehead atoms. The fourth-order valence-corrected chi connectivity index (χ4v) is 4.11. The summed E-state index contributed by atoms with van der Waals surface area (Å²) in [6.45, 7) is 5.93. The van der Waals surface area contributed by atoms with Crippen LogP contribution in [0.25, 0.3) is 21.8 Å². The summed E-state index contributed by atoms with van der Waals surface area (Å²) in [5.41, 5.74) is 4.17. The Hall–Kier alpha value is -2.60. The van der Waals surface area contributed by atoms with Gasteiger partial charge in [-0.1, -0.05) is 34.8 Å². The standard InChI is InChI=1S/C25H24Cl3N3O2/c1-25(2,3)33-24(32)29-9-8-14-10-17(30-16-6-4-15(26)5-7-16)11-19-18-12-20(27)21(28)13-22(18)31-23(14)19/h4-7,10-13,30-31H,8-9H2,1-3H3,(H,29,32). The van der Waals surface area contributed by atoms with Crippen molar-refractivity contribution in [1.82, 2.24) is 10.3 Å². The minimum absolute atomic E-state index is 0.422. The second-order valence-electron chi connectivity index (χ2n) is 8.81. The molecule has 0 spiro atoms. The lowest BCUT2D eigenvalue weighted by molar-refractivity contribution is 0.0528. The van der Waals surface area contributed by atoms with E-state index in [1.54, 1.807) is 0 Å². The van der Waals surface area contributed by atoms with Gasteiger partial charge in [-0.05, 0) is 81.3 Å². The number of aromatic nitrogens is 1. The van der Waals surface area contributed by atoms with E-state index < -0.39 is 11.7 Å². The summed E-state index contributed by atoms with van der Waals surface area (Å²) < 4.78 is 5.34. The maximum absolute atomic E-state index is 12.1. The van der Waals surface area contributed by atoms with Crippen molar-refractivity contribution in [3.05, 3.63) is 69.2 Å². The van der Waals surface area contributed by atoms with Crippen molar-refractivity contribution in [3.63, 3.8) is 0 Å². The van der Waals surface area contributed by atoms with Crippen LogP contribution in [0.15, 0.2) is 48.5 Å². The summed E-state index contributed by atoms with van der Waals surface area (Å²) in [5.74, 6) is 0. The molecule has 3 N–H and O–H groups in total. The van der Waals surface area contributed by atoms with E-state index in [0.29, 0.717) is 28.0 Å². The number of rotatable bonds is 5. The first kappa shape index (κ1) is 23.6. The van der Waals surface area contributed by atoms with E-state index in [0.717, 1.165) is 38.7 Å². The van der Waals surface area contributed by atoms with Crippen LogP contribution in [0.5, 0.6) is 0 Å². The van der Waals surface area contributed by atoms with E-state index in [1.165, 1.54) is 0 Å². The van der Waals surface area contributed by atoms with Crippen molar-refractivity contribution in [2.45, 2.75) is 32.8 Å². The Bertz CT molecular complexity index is 1330. The van der Waals surface area contributed by atoms with Crippen molar-refractivity contribution in [2.24, 2.45) is 0 Å². The molecule has 0 radical (unpaired) electrons. The number of halogens is 3. The van der Waals surface area contributed by atoms with Crippen molar-refractivity contribution < 1.29 is 9.53 Å². The van der Waals surface area contributed by atoms with Crippen molar-refractivity contribution >= 4 is 74.1 Å². The molecule has 0 atom stereocenters. The van der Waals surface area contributed by atoms with Crippen LogP contribution in [-0.2, 0) is 11.2 Å². The van der Waals surface area contributed by atoms with Crippen molar-refractivity contribution in [2.75, 3.05) is 11.9 Å². The molecule has 0 unspecified atom stereocenters. The van der Waals surface area contributed by atoms with E-state index in [4.69, 9.17) is 39.5 Å². The van der Waals surface area contributed by atoms with E-state index in [1.807, 2.05) is 57.2 Å².